The number of rotatable bonds is 5. The number of nitrogens with one attached hydrogen (secondary N) is 1. The number of aromatic nitrogens is 4. The van der Waals surface area contributed by atoms with Gasteiger partial charge in [0.25, 0.3) is 0 Å². The van der Waals surface area contributed by atoms with Gasteiger partial charge in [-0.2, -0.15) is 5.21 Å². The number of H-pyrrole nitrogens is 1. The first-order chi connectivity index (χ1) is 11.7. The Balaban J connectivity index is 1.95. The van der Waals surface area contributed by atoms with E-state index in [0.29, 0.717) is 25.5 Å². The number of piperidine rings is 1. The molecule has 1 aromatic heterocycles. The first kappa shape index (κ1) is 16.2. The van der Waals surface area contributed by atoms with Crippen LogP contribution in [-0.2, 0) is 10.2 Å². The lowest BCUT2D eigenvalue weighted by Gasteiger charge is -2.40. The van der Waals surface area contributed by atoms with Gasteiger partial charge in [-0.25, -0.2) is 0 Å². The fourth-order valence-corrected chi connectivity index (χ4v) is 3.29. The van der Waals surface area contributed by atoms with Gasteiger partial charge in [0.1, 0.15) is 5.75 Å². The number of hydrogen-bond donors (Lipinski definition) is 1. The average Bonchev–Trinajstić information content (AvgIpc) is 3.17. The molecule has 0 aliphatic carbocycles. The van der Waals surface area contributed by atoms with Crippen LogP contribution in [0.1, 0.15) is 31.2 Å². The van der Waals surface area contributed by atoms with E-state index < -0.39 is 0 Å². The zero-order valence-electron chi connectivity index (χ0n) is 13.7. The van der Waals surface area contributed by atoms with Gasteiger partial charge in [0.05, 0.1) is 12.0 Å². The maximum atomic E-state index is 11.9. The molecule has 1 aliphatic rings. The molecule has 0 atom stereocenters. The molecule has 126 valence electrons. The standard InChI is InChI=1S/C17H21N5O2/c1-3-15(23)22-10-8-17(9-11-22,16-18-20-21-19-16)13-6-5-7-14(12-13)24-4-2/h3,5-7,12H,1,4,8-11H2,2H3,(H,18,19,20,21). The third-order valence-corrected chi connectivity index (χ3v) is 4.57. The molecule has 0 spiro atoms. The monoisotopic (exact) mass is 327 g/mol. The lowest BCUT2D eigenvalue weighted by Crippen LogP contribution is -2.45. The number of likely N-dealkylation sites (tertiary alicyclic amines) is 1. The lowest BCUT2D eigenvalue weighted by atomic mass is 9.72. The molecule has 0 bridgehead atoms. The minimum Gasteiger partial charge on any atom is -0.494 e. The SMILES string of the molecule is C=CC(=O)N1CCC(c2cccc(OCC)c2)(c2nn[nH]n2)CC1. The topological polar surface area (TPSA) is 84.0 Å². The Hall–Kier alpha value is -2.70. The predicted molar refractivity (Wildman–Crippen MR) is 88.6 cm³/mol. The van der Waals surface area contributed by atoms with E-state index in [1.54, 1.807) is 4.90 Å². The highest BCUT2D eigenvalue weighted by atomic mass is 16.5. The molecule has 1 fully saturated rings. The summed E-state index contributed by atoms with van der Waals surface area (Å²) in [4.78, 5) is 13.7. The molecule has 7 heteroatoms. The Labute approximate surface area is 140 Å². The molecule has 2 aromatic rings. The molecule has 24 heavy (non-hydrogen) atoms. The van der Waals surface area contributed by atoms with Gasteiger partial charge in [0, 0.05) is 13.1 Å². The van der Waals surface area contributed by atoms with Crippen molar-refractivity contribution in [3.8, 4) is 5.75 Å². The number of hydrogen-bond acceptors (Lipinski definition) is 5. The maximum absolute atomic E-state index is 11.9. The molecule has 7 nitrogen and oxygen atoms in total. The molecule has 0 radical (unpaired) electrons. The molecule has 1 aliphatic heterocycles. The number of tetrazole rings is 1. The van der Waals surface area contributed by atoms with Crippen LogP contribution >= 0.6 is 0 Å². The summed E-state index contributed by atoms with van der Waals surface area (Å²) < 4.78 is 5.63. The van der Waals surface area contributed by atoms with Crippen LogP contribution in [0.25, 0.3) is 0 Å². The summed E-state index contributed by atoms with van der Waals surface area (Å²) >= 11 is 0. The number of aromatic amines is 1. The molecule has 1 N–H and O–H groups in total. The Morgan fingerprint density at radius 2 is 2.25 bits per heavy atom. The summed E-state index contributed by atoms with van der Waals surface area (Å²) in [5.41, 5.74) is 0.707. The predicted octanol–water partition coefficient (Wildman–Crippen LogP) is 1.69. The number of carbonyl (C=O) groups is 1. The van der Waals surface area contributed by atoms with E-state index in [2.05, 4.69) is 33.3 Å². The smallest absolute Gasteiger partial charge is 0.245 e. The van der Waals surface area contributed by atoms with Crippen LogP contribution in [-0.4, -0.2) is 51.1 Å². The van der Waals surface area contributed by atoms with Crippen LogP contribution in [0.2, 0.25) is 0 Å². The highest BCUT2D eigenvalue weighted by Crippen LogP contribution is 2.40. The van der Waals surface area contributed by atoms with Gasteiger partial charge in [0.15, 0.2) is 5.82 Å². The van der Waals surface area contributed by atoms with Crippen molar-refractivity contribution in [3.63, 3.8) is 0 Å². The van der Waals surface area contributed by atoms with Crippen molar-refractivity contribution < 1.29 is 9.53 Å². The molecule has 2 heterocycles. The molecule has 3 rings (SSSR count). The van der Waals surface area contributed by atoms with Gasteiger partial charge in [0.2, 0.25) is 5.91 Å². The van der Waals surface area contributed by atoms with Crippen LogP contribution in [0.5, 0.6) is 5.75 Å². The van der Waals surface area contributed by atoms with Crippen LogP contribution in [0.3, 0.4) is 0 Å². The third-order valence-electron chi connectivity index (χ3n) is 4.57. The summed E-state index contributed by atoms with van der Waals surface area (Å²) in [6.45, 7) is 7.38. The Morgan fingerprint density at radius 1 is 1.46 bits per heavy atom. The van der Waals surface area contributed by atoms with Crippen molar-refractivity contribution in [2.75, 3.05) is 19.7 Å². The van der Waals surface area contributed by atoms with Crippen molar-refractivity contribution in [3.05, 3.63) is 48.3 Å². The number of benzene rings is 1. The van der Waals surface area contributed by atoms with E-state index in [-0.39, 0.29) is 11.3 Å². The molecule has 1 saturated heterocycles. The largest absolute Gasteiger partial charge is 0.494 e. The van der Waals surface area contributed by atoms with Crippen LogP contribution in [0.15, 0.2) is 36.9 Å². The molecule has 0 unspecified atom stereocenters. The average molecular weight is 327 g/mol. The van der Waals surface area contributed by atoms with Crippen molar-refractivity contribution in [2.45, 2.75) is 25.2 Å². The molecule has 1 amide bonds. The summed E-state index contributed by atoms with van der Waals surface area (Å²) in [5.74, 6) is 1.43. The number of nitrogens with zero attached hydrogens (tertiary/aromatic N) is 4. The van der Waals surface area contributed by atoms with Crippen molar-refractivity contribution in [2.24, 2.45) is 0 Å². The Kier molecular flexibility index (Phi) is 4.59. The zero-order chi connectivity index (χ0) is 17.0. The fraction of sp³-hybridized carbons (Fsp3) is 0.412. The highest BCUT2D eigenvalue weighted by Gasteiger charge is 2.42. The molecular weight excluding hydrogens is 306 g/mol. The Bertz CT molecular complexity index is 706. The maximum Gasteiger partial charge on any atom is 0.245 e. The van der Waals surface area contributed by atoms with Crippen molar-refractivity contribution >= 4 is 5.91 Å². The second-order valence-corrected chi connectivity index (χ2v) is 5.81. The normalized spacial score (nSPS) is 16.6. The van der Waals surface area contributed by atoms with Crippen LogP contribution < -0.4 is 4.74 Å². The van der Waals surface area contributed by atoms with E-state index in [4.69, 9.17) is 4.74 Å². The molecule has 1 aromatic carbocycles. The second kappa shape index (κ2) is 6.82. The summed E-state index contributed by atoms with van der Waals surface area (Å²) in [6.07, 6.45) is 2.81. The highest BCUT2D eigenvalue weighted by molar-refractivity contribution is 5.87. The third kappa shape index (κ3) is 2.89. The minimum atomic E-state index is -0.377. The van der Waals surface area contributed by atoms with Gasteiger partial charge in [-0.05, 0) is 43.5 Å². The number of amides is 1. The van der Waals surface area contributed by atoms with E-state index in [1.807, 2.05) is 25.1 Å². The van der Waals surface area contributed by atoms with E-state index in [1.165, 1.54) is 6.08 Å². The van der Waals surface area contributed by atoms with E-state index in [0.717, 1.165) is 24.2 Å². The number of ether oxygens (including phenoxy) is 1. The summed E-state index contributed by atoms with van der Waals surface area (Å²) in [6, 6.07) is 8.01. The van der Waals surface area contributed by atoms with Gasteiger partial charge in [-0.15, -0.1) is 10.2 Å². The van der Waals surface area contributed by atoms with Gasteiger partial charge >= 0.3 is 0 Å². The van der Waals surface area contributed by atoms with Gasteiger partial charge in [-0.1, -0.05) is 23.9 Å². The van der Waals surface area contributed by atoms with Gasteiger partial charge in [-0.3, -0.25) is 4.79 Å². The number of carbonyl (C=O) groups excluding carboxylic acids is 1. The lowest BCUT2D eigenvalue weighted by molar-refractivity contribution is -0.127. The van der Waals surface area contributed by atoms with Crippen molar-refractivity contribution in [1.29, 1.82) is 0 Å². The first-order valence-corrected chi connectivity index (χ1v) is 8.08. The molecule has 0 saturated carbocycles. The fourth-order valence-electron chi connectivity index (χ4n) is 3.29. The van der Waals surface area contributed by atoms with Gasteiger partial charge < -0.3 is 9.64 Å². The van der Waals surface area contributed by atoms with E-state index in [9.17, 15) is 4.79 Å². The van der Waals surface area contributed by atoms with Crippen LogP contribution in [0.4, 0.5) is 0 Å². The summed E-state index contributed by atoms with van der Waals surface area (Å²) in [5, 5.41) is 14.8. The Morgan fingerprint density at radius 3 is 2.88 bits per heavy atom. The first-order valence-electron chi connectivity index (χ1n) is 8.08. The quantitative estimate of drug-likeness (QED) is 0.845. The van der Waals surface area contributed by atoms with E-state index >= 15 is 0 Å². The molecular formula is C17H21N5O2. The minimum absolute atomic E-state index is 0.0419. The van der Waals surface area contributed by atoms with Crippen molar-refractivity contribution in [1.82, 2.24) is 25.5 Å². The second-order valence-electron chi connectivity index (χ2n) is 5.81. The zero-order valence-corrected chi connectivity index (χ0v) is 13.7. The van der Waals surface area contributed by atoms with Crippen LogP contribution in [0, 0.1) is 0 Å². The summed E-state index contributed by atoms with van der Waals surface area (Å²) in [7, 11) is 0.